The molecule has 3 aromatic rings. The van der Waals surface area contributed by atoms with E-state index in [2.05, 4.69) is 89.4 Å². The van der Waals surface area contributed by atoms with E-state index in [1.165, 1.54) is 36.1 Å². The van der Waals surface area contributed by atoms with Gasteiger partial charge in [0, 0.05) is 46.8 Å². The lowest BCUT2D eigenvalue weighted by Crippen LogP contribution is -2.61. The van der Waals surface area contributed by atoms with Crippen LogP contribution in [0.4, 0.5) is 27.0 Å². The monoisotopic (exact) mass is 509 g/mol. The van der Waals surface area contributed by atoms with E-state index in [1.54, 1.807) is 0 Å². The van der Waals surface area contributed by atoms with Crippen molar-refractivity contribution in [3.05, 3.63) is 41.7 Å². The maximum Gasteiger partial charge on any atom is 0.231 e. The Hall–Kier alpha value is -2.78. The number of benzene rings is 1. The first-order chi connectivity index (χ1) is 17.1. The van der Waals surface area contributed by atoms with Crippen molar-refractivity contribution in [1.29, 1.82) is 0 Å². The zero-order valence-corrected chi connectivity index (χ0v) is 22.6. The van der Waals surface area contributed by atoms with Gasteiger partial charge in [-0.3, -0.25) is 10.2 Å². The Morgan fingerprint density at radius 1 is 1.00 bits per heavy atom. The standard InChI is InChI=1S/C27H36FN7S/c1-26(2)14-19(15-27(3,4)34(26)5)30-23-21(28)16-29-24(32-23)33-25-31-22(17-36-25)18-8-10-20(11-9-18)35-12-6-7-13-35/h8-11,16-17,19H,6-7,12-15H2,1-5H3,(H2,29,30,31,32,33). The summed E-state index contributed by atoms with van der Waals surface area (Å²) in [4.78, 5) is 18.1. The van der Waals surface area contributed by atoms with E-state index in [9.17, 15) is 4.39 Å². The zero-order chi connectivity index (χ0) is 25.5. The molecule has 0 radical (unpaired) electrons. The molecule has 9 heteroatoms. The van der Waals surface area contributed by atoms with Crippen LogP contribution in [-0.4, -0.2) is 57.1 Å². The molecule has 7 nitrogen and oxygen atoms in total. The van der Waals surface area contributed by atoms with Crippen LogP contribution in [-0.2, 0) is 0 Å². The number of thiazole rings is 1. The van der Waals surface area contributed by atoms with Crippen LogP contribution in [0.2, 0.25) is 0 Å². The normalized spacial score (nSPS) is 20.0. The lowest BCUT2D eigenvalue weighted by atomic mass is 9.77. The summed E-state index contributed by atoms with van der Waals surface area (Å²) < 4.78 is 14.7. The third-order valence-electron chi connectivity index (χ3n) is 7.75. The smallest absolute Gasteiger partial charge is 0.231 e. The predicted molar refractivity (Wildman–Crippen MR) is 147 cm³/mol. The van der Waals surface area contributed by atoms with Crippen LogP contribution in [0.5, 0.6) is 0 Å². The van der Waals surface area contributed by atoms with Crippen molar-refractivity contribution in [3.8, 4) is 11.3 Å². The van der Waals surface area contributed by atoms with Gasteiger partial charge < -0.3 is 10.2 Å². The average Bonchev–Trinajstić information content (AvgIpc) is 3.52. The highest BCUT2D eigenvalue weighted by Crippen LogP contribution is 2.38. The summed E-state index contributed by atoms with van der Waals surface area (Å²) >= 11 is 1.48. The number of piperidine rings is 1. The van der Waals surface area contributed by atoms with Crippen molar-refractivity contribution in [2.24, 2.45) is 0 Å². The molecule has 2 aliphatic rings. The number of hydrogen-bond donors (Lipinski definition) is 2. The largest absolute Gasteiger partial charge is 0.372 e. The Morgan fingerprint density at radius 3 is 2.33 bits per heavy atom. The number of likely N-dealkylation sites (tertiary alicyclic amines) is 1. The molecule has 0 unspecified atom stereocenters. The van der Waals surface area contributed by atoms with E-state index in [-0.39, 0.29) is 22.9 Å². The Labute approximate surface area is 217 Å². The molecule has 0 bridgehead atoms. The molecule has 5 rings (SSSR count). The van der Waals surface area contributed by atoms with Crippen molar-refractivity contribution < 1.29 is 4.39 Å². The van der Waals surface area contributed by atoms with Crippen LogP contribution in [0.1, 0.15) is 53.4 Å². The molecule has 0 spiro atoms. The van der Waals surface area contributed by atoms with Gasteiger partial charge in [0.05, 0.1) is 11.9 Å². The fraction of sp³-hybridized carbons (Fsp3) is 0.519. The summed E-state index contributed by atoms with van der Waals surface area (Å²) in [5.74, 6) is 0.103. The van der Waals surface area contributed by atoms with Crippen molar-refractivity contribution in [1.82, 2.24) is 19.9 Å². The van der Waals surface area contributed by atoms with E-state index >= 15 is 0 Å². The van der Waals surface area contributed by atoms with E-state index in [0.717, 1.165) is 37.2 Å². The molecule has 192 valence electrons. The second-order valence-corrected chi connectivity index (χ2v) is 12.1. The molecule has 2 saturated heterocycles. The van der Waals surface area contributed by atoms with E-state index in [0.29, 0.717) is 11.1 Å². The summed E-state index contributed by atoms with van der Waals surface area (Å²) in [6.07, 6.45) is 5.53. The Morgan fingerprint density at radius 2 is 1.67 bits per heavy atom. The Kier molecular flexibility index (Phi) is 6.63. The third kappa shape index (κ3) is 5.18. The zero-order valence-electron chi connectivity index (χ0n) is 21.8. The first kappa shape index (κ1) is 24.9. The minimum atomic E-state index is -0.451. The number of rotatable bonds is 6. The number of aromatic nitrogens is 3. The van der Waals surface area contributed by atoms with Gasteiger partial charge in [-0.2, -0.15) is 4.98 Å². The minimum Gasteiger partial charge on any atom is -0.372 e. The molecular formula is C27H36FN7S. The molecule has 0 aliphatic carbocycles. The molecule has 2 N–H and O–H groups in total. The number of nitrogens with one attached hydrogen (secondary N) is 2. The fourth-order valence-electron chi connectivity index (χ4n) is 5.57. The molecule has 0 atom stereocenters. The SMILES string of the molecule is CN1C(C)(C)CC(Nc2nc(Nc3nc(-c4ccc(N5CCCC5)cc4)cs3)ncc2F)CC1(C)C. The van der Waals surface area contributed by atoms with Gasteiger partial charge in [0.1, 0.15) is 0 Å². The first-order valence-electron chi connectivity index (χ1n) is 12.7. The molecule has 0 saturated carbocycles. The maximum atomic E-state index is 14.7. The summed E-state index contributed by atoms with van der Waals surface area (Å²) in [6.45, 7) is 11.2. The second kappa shape index (κ2) is 9.59. The summed E-state index contributed by atoms with van der Waals surface area (Å²) in [7, 11) is 2.16. The van der Waals surface area contributed by atoms with Gasteiger partial charge in [0.25, 0.3) is 0 Å². The Bertz CT molecular complexity index is 1180. The fourth-order valence-corrected chi connectivity index (χ4v) is 6.29. The highest BCUT2D eigenvalue weighted by atomic mass is 32.1. The lowest BCUT2D eigenvalue weighted by molar-refractivity contribution is -0.00778. The molecule has 1 aromatic carbocycles. The number of hydrogen-bond acceptors (Lipinski definition) is 8. The second-order valence-electron chi connectivity index (χ2n) is 11.2. The highest BCUT2D eigenvalue weighted by Gasteiger charge is 2.43. The van der Waals surface area contributed by atoms with Gasteiger partial charge in [-0.25, -0.2) is 14.4 Å². The highest BCUT2D eigenvalue weighted by molar-refractivity contribution is 7.14. The van der Waals surface area contributed by atoms with Gasteiger partial charge >= 0.3 is 0 Å². The van der Waals surface area contributed by atoms with Gasteiger partial charge in [0.15, 0.2) is 16.8 Å². The minimum absolute atomic E-state index is 0.00598. The number of anilines is 4. The van der Waals surface area contributed by atoms with Gasteiger partial charge in [-0.05, 0) is 72.6 Å². The third-order valence-corrected chi connectivity index (χ3v) is 8.51. The van der Waals surface area contributed by atoms with Crippen LogP contribution >= 0.6 is 11.3 Å². The van der Waals surface area contributed by atoms with Crippen LogP contribution in [0.3, 0.4) is 0 Å². The molecular weight excluding hydrogens is 473 g/mol. The molecule has 4 heterocycles. The summed E-state index contributed by atoms with van der Waals surface area (Å²) in [5, 5.41) is 9.20. The van der Waals surface area contributed by atoms with Crippen LogP contribution in [0, 0.1) is 5.82 Å². The molecule has 2 aromatic heterocycles. The number of halogens is 1. The van der Waals surface area contributed by atoms with Crippen molar-refractivity contribution in [2.75, 3.05) is 35.7 Å². The van der Waals surface area contributed by atoms with E-state index < -0.39 is 5.82 Å². The van der Waals surface area contributed by atoms with Crippen molar-refractivity contribution >= 4 is 33.9 Å². The van der Waals surface area contributed by atoms with Crippen molar-refractivity contribution in [2.45, 2.75) is 70.5 Å². The lowest BCUT2D eigenvalue weighted by Gasteiger charge is -2.53. The van der Waals surface area contributed by atoms with Crippen molar-refractivity contribution in [3.63, 3.8) is 0 Å². The Balaban J connectivity index is 1.27. The maximum absolute atomic E-state index is 14.7. The van der Waals surface area contributed by atoms with Crippen LogP contribution in [0.25, 0.3) is 11.3 Å². The van der Waals surface area contributed by atoms with E-state index in [1.807, 2.05) is 5.38 Å². The topological polar surface area (TPSA) is 69.2 Å². The molecule has 2 aliphatic heterocycles. The first-order valence-corrected chi connectivity index (χ1v) is 13.6. The summed E-state index contributed by atoms with van der Waals surface area (Å²) in [5.41, 5.74) is 3.21. The van der Waals surface area contributed by atoms with Crippen LogP contribution in [0.15, 0.2) is 35.8 Å². The van der Waals surface area contributed by atoms with Gasteiger partial charge in [0.2, 0.25) is 5.95 Å². The average molecular weight is 510 g/mol. The predicted octanol–water partition coefficient (Wildman–Crippen LogP) is 6.15. The quantitative estimate of drug-likeness (QED) is 0.413. The molecule has 2 fully saturated rings. The van der Waals surface area contributed by atoms with Gasteiger partial charge in [-0.1, -0.05) is 12.1 Å². The van der Waals surface area contributed by atoms with Crippen LogP contribution < -0.4 is 15.5 Å². The summed E-state index contributed by atoms with van der Waals surface area (Å²) in [6, 6.07) is 8.68. The molecule has 0 amide bonds. The number of nitrogens with zero attached hydrogens (tertiary/aromatic N) is 5. The van der Waals surface area contributed by atoms with Gasteiger partial charge in [-0.15, -0.1) is 11.3 Å². The molecule has 36 heavy (non-hydrogen) atoms. The van der Waals surface area contributed by atoms with E-state index in [4.69, 9.17) is 4.98 Å².